The average Bonchev–Trinajstić information content (AvgIpc) is 2.50. The minimum Gasteiger partial charge on any atom is -0.317 e. The number of rotatable bonds is 9. The lowest BCUT2D eigenvalue weighted by molar-refractivity contribution is 0.174. The molecule has 0 aromatic heterocycles. The Bertz CT molecular complexity index is 312. The van der Waals surface area contributed by atoms with Crippen LogP contribution in [0.15, 0.2) is 24.3 Å². The van der Waals surface area contributed by atoms with Gasteiger partial charge in [0, 0.05) is 12.1 Å². The summed E-state index contributed by atoms with van der Waals surface area (Å²) in [6.07, 6.45) is 13.4. The number of allylic oxidation sites excluding steroid dienone is 3. The molecule has 0 spiro atoms. The molecule has 0 aromatic rings. The molecule has 0 aliphatic heterocycles. The maximum Gasteiger partial charge on any atom is 0.00933 e. The Hall–Kier alpha value is -0.600. The number of unbranched alkanes of at least 4 members (excludes halogenated alkanes) is 1. The second-order valence-electron chi connectivity index (χ2n) is 6.86. The number of hydrogen-bond donors (Lipinski definition) is 1. The first-order valence-corrected chi connectivity index (χ1v) is 8.77. The van der Waals surface area contributed by atoms with E-state index in [1.54, 1.807) is 5.57 Å². The fourth-order valence-corrected chi connectivity index (χ4v) is 3.39. The van der Waals surface area contributed by atoms with Gasteiger partial charge in [-0.25, -0.2) is 0 Å². The van der Waals surface area contributed by atoms with Crippen molar-refractivity contribution in [1.82, 2.24) is 10.2 Å². The minimum atomic E-state index is 0.651. The largest absolute Gasteiger partial charge is 0.317 e. The van der Waals surface area contributed by atoms with Crippen molar-refractivity contribution < 1.29 is 0 Å². The molecule has 122 valence electrons. The van der Waals surface area contributed by atoms with E-state index in [1.165, 1.54) is 51.5 Å². The Morgan fingerprint density at radius 3 is 2.43 bits per heavy atom. The molecule has 21 heavy (non-hydrogen) atoms. The number of nitrogens with one attached hydrogen (secondary N) is 1. The molecule has 0 heterocycles. The van der Waals surface area contributed by atoms with Crippen LogP contribution >= 0.6 is 0 Å². The highest BCUT2D eigenvalue weighted by Crippen LogP contribution is 2.23. The molecule has 0 bridgehead atoms. The van der Waals surface area contributed by atoms with Crippen LogP contribution in [0.3, 0.4) is 0 Å². The van der Waals surface area contributed by atoms with Crippen LogP contribution in [0.2, 0.25) is 0 Å². The summed E-state index contributed by atoms with van der Waals surface area (Å²) in [6, 6.07) is 1.56. The zero-order chi connectivity index (χ0) is 15.7. The maximum atomic E-state index is 3.82. The van der Waals surface area contributed by atoms with Gasteiger partial charge in [-0.3, -0.25) is 0 Å². The van der Waals surface area contributed by atoms with Gasteiger partial charge in [-0.05, 0) is 71.5 Å². The van der Waals surface area contributed by atoms with Crippen LogP contribution < -0.4 is 5.32 Å². The molecule has 2 nitrogen and oxygen atoms in total. The van der Waals surface area contributed by atoms with Gasteiger partial charge in [0.2, 0.25) is 0 Å². The van der Waals surface area contributed by atoms with Gasteiger partial charge in [0.15, 0.2) is 0 Å². The maximum absolute atomic E-state index is 3.82. The van der Waals surface area contributed by atoms with E-state index in [0.717, 1.165) is 12.1 Å². The van der Waals surface area contributed by atoms with Crippen LogP contribution in [-0.4, -0.2) is 37.6 Å². The van der Waals surface area contributed by atoms with Crippen LogP contribution in [0.25, 0.3) is 0 Å². The molecule has 0 saturated heterocycles. The van der Waals surface area contributed by atoms with E-state index in [0.29, 0.717) is 5.92 Å². The summed E-state index contributed by atoms with van der Waals surface area (Å²) >= 11 is 0. The molecule has 0 amide bonds. The van der Waals surface area contributed by atoms with Crippen LogP contribution in [-0.2, 0) is 0 Å². The summed E-state index contributed by atoms with van der Waals surface area (Å²) in [4.78, 5) is 2.60. The summed E-state index contributed by atoms with van der Waals surface area (Å²) < 4.78 is 0. The van der Waals surface area contributed by atoms with E-state index in [1.807, 2.05) is 6.08 Å². The van der Waals surface area contributed by atoms with Crippen molar-refractivity contribution in [2.24, 2.45) is 5.92 Å². The van der Waals surface area contributed by atoms with Crippen molar-refractivity contribution in [3.8, 4) is 0 Å². The van der Waals surface area contributed by atoms with Crippen LogP contribution in [0.5, 0.6) is 0 Å². The first-order valence-electron chi connectivity index (χ1n) is 8.77. The third kappa shape index (κ3) is 6.80. The molecular weight excluding hydrogens is 256 g/mol. The normalized spacial score (nSPS) is 23.8. The highest BCUT2D eigenvalue weighted by atomic mass is 15.1. The molecular formula is C19H36N2. The van der Waals surface area contributed by atoms with Crippen molar-refractivity contribution in [2.75, 3.05) is 20.6 Å². The quantitative estimate of drug-likeness (QED) is 0.501. The molecule has 1 rings (SSSR count). The zero-order valence-electron chi connectivity index (χ0n) is 14.7. The Balaban J connectivity index is 2.20. The van der Waals surface area contributed by atoms with Crippen LogP contribution in [0.1, 0.15) is 58.8 Å². The second kappa shape index (κ2) is 10.2. The lowest BCUT2D eigenvalue weighted by atomic mass is 9.90. The van der Waals surface area contributed by atoms with E-state index in [9.17, 15) is 0 Å². The predicted molar refractivity (Wildman–Crippen MR) is 94.7 cm³/mol. The molecule has 0 unspecified atom stereocenters. The molecule has 1 aliphatic rings. The summed E-state index contributed by atoms with van der Waals surface area (Å²) in [5.41, 5.74) is 1.54. The number of hydrogen-bond acceptors (Lipinski definition) is 2. The van der Waals surface area contributed by atoms with E-state index in [2.05, 4.69) is 50.8 Å². The second-order valence-corrected chi connectivity index (χ2v) is 6.86. The summed E-state index contributed by atoms with van der Waals surface area (Å²) in [7, 11) is 4.41. The summed E-state index contributed by atoms with van der Waals surface area (Å²) in [5, 5.41) is 3.42. The first-order chi connectivity index (χ1) is 10.1. The fourth-order valence-electron chi connectivity index (χ4n) is 3.39. The van der Waals surface area contributed by atoms with Gasteiger partial charge in [-0.2, -0.15) is 0 Å². The zero-order valence-corrected chi connectivity index (χ0v) is 14.7. The smallest absolute Gasteiger partial charge is 0.00933 e. The van der Waals surface area contributed by atoms with E-state index >= 15 is 0 Å². The monoisotopic (exact) mass is 292 g/mol. The SMILES string of the molecule is C=C/C=C(\CCCCN(C)C1CCC(NC)CC1)C(C)C. The summed E-state index contributed by atoms with van der Waals surface area (Å²) in [6.45, 7) is 9.63. The van der Waals surface area contributed by atoms with Crippen LogP contribution in [0.4, 0.5) is 0 Å². The minimum absolute atomic E-state index is 0.651. The Labute approximate surface area is 132 Å². The van der Waals surface area contributed by atoms with Gasteiger partial charge in [0.25, 0.3) is 0 Å². The molecule has 1 N–H and O–H groups in total. The molecule has 0 radical (unpaired) electrons. The standard InChI is InChI=1S/C19H36N2/c1-6-9-17(16(2)3)10-7-8-15-21(5)19-13-11-18(20-4)12-14-19/h6,9,16,18-20H,1,7-8,10-15H2,2-5H3/b17-9+. The molecule has 2 heteroatoms. The lowest BCUT2D eigenvalue weighted by Gasteiger charge is -2.34. The fraction of sp³-hybridized carbons (Fsp3) is 0.789. The third-order valence-electron chi connectivity index (χ3n) is 5.03. The Morgan fingerprint density at radius 2 is 1.90 bits per heavy atom. The van der Waals surface area contributed by atoms with Crippen molar-refractivity contribution in [3.63, 3.8) is 0 Å². The highest BCUT2D eigenvalue weighted by molar-refractivity contribution is 5.12. The molecule has 0 aromatic carbocycles. The van der Waals surface area contributed by atoms with Crippen molar-refractivity contribution in [2.45, 2.75) is 70.9 Å². The Morgan fingerprint density at radius 1 is 1.24 bits per heavy atom. The van der Waals surface area contributed by atoms with Gasteiger partial charge in [0.05, 0.1) is 0 Å². The van der Waals surface area contributed by atoms with Gasteiger partial charge in [0.1, 0.15) is 0 Å². The first kappa shape index (κ1) is 18.4. The highest BCUT2D eigenvalue weighted by Gasteiger charge is 2.22. The third-order valence-corrected chi connectivity index (χ3v) is 5.03. The van der Waals surface area contributed by atoms with Crippen LogP contribution in [0, 0.1) is 5.92 Å². The topological polar surface area (TPSA) is 15.3 Å². The van der Waals surface area contributed by atoms with E-state index in [-0.39, 0.29) is 0 Å². The molecule has 0 atom stereocenters. The van der Waals surface area contributed by atoms with E-state index in [4.69, 9.17) is 0 Å². The molecule has 1 aliphatic carbocycles. The average molecular weight is 293 g/mol. The predicted octanol–water partition coefficient (Wildman–Crippen LogP) is 4.39. The molecule has 1 fully saturated rings. The molecule has 1 saturated carbocycles. The van der Waals surface area contributed by atoms with Gasteiger partial charge in [-0.1, -0.05) is 38.2 Å². The van der Waals surface area contributed by atoms with Crippen molar-refractivity contribution in [1.29, 1.82) is 0 Å². The van der Waals surface area contributed by atoms with Gasteiger partial charge >= 0.3 is 0 Å². The van der Waals surface area contributed by atoms with Crippen molar-refractivity contribution in [3.05, 3.63) is 24.3 Å². The summed E-state index contributed by atoms with van der Waals surface area (Å²) in [5.74, 6) is 0.651. The van der Waals surface area contributed by atoms with Crippen molar-refractivity contribution >= 4 is 0 Å². The Kier molecular flexibility index (Phi) is 8.94. The van der Waals surface area contributed by atoms with Gasteiger partial charge < -0.3 is 10.2 Å². The lowest BCUT2D eigenvalue weighted by Crippen LogP contribution is -2.40. The van der Waals surface area contributed by atoms with Gasteiger partial charge in [-0.15, -0.1) is 0 Å². The van der Waals surface area contributed by atoms with E-state index < -0.39 is 0 Å². The number of nitrogens with zero attached hydrogens (tertiary/aromatic N) is 1.